The first-order valence-corrected chi connectivity index (χ1v) is 20.3. The number of esters is 1. The maximum absolute atomic E-state index is 13.8. The summed E-state index contributed by atoms with van der Waals surface area (Å²) in [4.78, 5) is 53.8. The summed E-state index contributed by atoms with van der Waals surface area (Å²) in [5.41, 5.74) is 6.50. The molecule has 4 atom stereocenters. The van der Waals surface area contributed by atoms with E-state index in [-0.39, 0.29) is 56.8 Å². The summed E-state index contributed by atoms with van der Waals surface area (Å²) in [7, 11) is 0. The lowest BCUT2D eigenvalue weighted by Crippen LogP contribution is -2.47. The molecule has 0 radical (unpaired) electrons. The summed E-state index contributed by atoms with van der Waals surface area (Å²) in [6.07, 6.45) is 4.26. The third-order valence-electron chi connectivity index (χ3n) is 10.0. The number of allylic oxidation sites excluding steroid dienone is 2. The molecule has 1 aliphatic carbocycles. The number of amides is 3. The van der Waals surface area contributed by atoms with E-state index in [9.17, 15) is 24.3 Å². The Morgan fingerprint density at radius 2 is 1.50 bits per heavy atom. The first-order valence-electron chi connectivity index (χ1n) is 19.2. The number of carbonyl (C=O) groups is 4. The molecule has 0 saturated heterocycles. The maximum atomic E-state index is 13.8. The molecule has 11 heteroatoms. The molecule has 4 N–H and O–H groups in total. The molecule has 0 fully saturated rings. The molecule has 0 saturated carbocycles. The highest BCUT2D eigenvalue weighted by atomic mass is 32.2. The summed E-state index contributed by atoms with van der Waals surface area (Å²) in [5.74, 6) is -0.996. The number of thioether (sulfide) groups is 1. The van der Waals surface area contributed by atoms with Crippen LogP contribution in [0.25, 0.3) is 11.1 Å². The van der Waals surface area contributed by atoms with E-state index < -0.39 is 36.1 Å². The van der Waals surface area contributed by atoms with Crippen molar-refractivity contribution in [2.45, 2.75) is 61.9 Å². The minimum atomic E-state index is -0.981. The van der Waals surface area contributed by atoms with E-state index in [2.05, 4.69) is 28.1 Å². The minimum absolute atomic E-state index is 0.0862. The molecule has 0 unspecified atom stereocenters. The number of ether oxygens (including phenoxy) is 2. The van der Waals surface area contributed by atoms with E-state index in [1.807, 2.05) is 109 Å². The van der Waals surface area contributed by atoms with Crippen molar-refractivity contribution in [2.75, 3.05) is 25.6 Å². The first-order chi connectivity index (χ1) is 27.4. The molecule has 0 aromatic heterocycles. The molecular weight excluding hydrogens is 727 g/mol. The molecule has 3 amide bonds. The smallest absolute Gasteiger partial charge is 0.407 e. The van der Waals surface area contributed by atoms with E-state index in [0.29, 0.717) is 24.3 Å². The highest BCUT2D eigenvalue weighted by Crippen LogP contribution is 2.44. The van der Waals surface area contributed by atoms with E-state index >= 15 is 0 Å². The molecule has 292 valence electrons. The van der Waals surface area contributed by atoms with Crippen molar-refractivity contribution in [1.29, 1.82) is 0 Å². The number of carbonyl (C=O) groups excluding carboxylic acids is 4. The van der Waals surface area contributed by atoms with Crippen LogP contribution in [0, 0.1) is 5.92 Å². The van der Waals surface area contributed by atoms with Gasteiger partial charge in [-0.1, -0.05) is 121 Å². The third-order valence-corrected chi connectivity index (χ3v) is 11.2. The van der Waals surface area contributed by atoms with Crippen molar-refractivity contribution in [3.8, 4) is 11.1 Å². The molecule has 10 nitrogen and oxygen atoms in total. The highest BCUT2D eigenvalue weighted by Gasteiger charge is 2.31. The zero-order chi connectivity index (χ0) is 39.1. The number of hydrogen-bond donors (Lipinski definition) is 4. The van der Waals surface area contributed by atoms with Crippen molar-refractivity contribution in [1.82, 2.24) is 16.0 Å². The van der Waals surface area contributed by atoms with Gasteiger partial charge in [-0.15, -0.1) is 0 Å². The van der Waals surface area contributed by atoms with Gasteiger partial charge < -0.3 is 30.5 Å². The van der Waals surface area contributed by atoms with Crippen LogP contribution in [0.3, 0.4) is 0 Å². The Balaban J connectivity index is 1.10. The summed E-state index contributed by atoms with van der Waals surface area (Å²) >= 11 is 1.59. The molecule has 4 aromatic rings. The van der Waals surface area contributed by atoms with Crippen LogP contribution in [0.2, 0.25) is 0 Å². The van der Waals surface area contributed by atoms with Crippen LogP contribution in [-0.2, 0) is 36.0 Å². The van der Waals surface area contributed by atoms with Crippen molar-refractivity contribution >= 4 is 35.6 Å². The lowest BCUT2D eigenvalue weighted by atomic mass is 9.98. The number of benzene rings is 4. The van der Waals surface area contributed by atoms with E-state index in [0.717, 1.165) is 33.4 Å². The van der Waals surface area contributed by atoms with Crippen LogP contribution in [0.4, 0.5) is 4.79 Å². The fraction of sp³-hybridized carbons (Fsp3) is 0.333. The third kappa shape index (κ3) is 11.3. The largest absolute Gasteiger partial charge is 0.462 e. The van der Waals surface area contributed by atoms with Crippen molar-refractivity contribution in [3.63, 3.8) is 0 Å². The topological polar surface area (TPSA) is 143 Å². The van der Waals surface area contributed by atoms with E-state index in [1.165, 1.54) is 0 Å². The van der Waals surface area contributed by atoms with Gasteiger partial charge in [0.15, 0.2) is 0 Å². The Labute approximate surface area is 332 Å². The quantitative estimate of drug-likeness (QED) is 0.0914. The normalized spacial score (nSPS) is 19.1. The van der Waals surface area contributed by atoms with Gasteiger partial charge in [0.1, 0.15) is 19.3 Å². The molecule has 2 aliphatic rings. The van der Waals surface area contributed by atoms with Gasteiger partial charge in [0.25, 0.3) is 0 Å². The Morgan fingerprint density at radius 3 is 2.18 bits per heavy atom. The summed E-state index contributed by atoms with van der Waals surface area (Å²) in [6, 6.07) is 33.6. The summed E-state index contributed by atoms with van der Waals surface area (Å²) in [5, 5.41) is 18.7. The van der Waals surface area contributed by atoms with Gasteiger partial charge in [-0.3, -0.25) is 9.59 Å². The molecule has 56 heavy (non-hydrogen) atoms. The van der Waals surface area contributed by atoms with Crippen molar-refractivity contribution < 1.29 is 33.8 Å². The molecule has 4 aromatic carbocycles. The number of aliphatic hydroxyl groups is 1. The predicted molar refractivity (Wildman–Crippen MR) is 218 cm³/mol. The number of fused-ring (bicyclic) bond motifs is 3. The number of rotatable bonds is 13. The molecular formula is C45H49N3O7S. The molecule has 0 spiro atoms. The first kappa shape index (κ1) is 40.3. The monoisotopic (exact) mass is 775 g/mol. The lowest BCUT2D eigenvalue weighted by Gasteiger charge is -2.24. The van der Waals surface area contributed by atoms with Crippen LogP contribution in [-0.4, -0.2) is 72.7 Å². The standard InChI is InChI=1S/C45H49N3O7S/c49-26-34(24-31-14-4-1-5-15-31)46-42(50)25-33-18-8-3-9-23-41(44(52)54-27-35(47-43(33)51)30-56-29-32-16-6-2-7-17-32)48-45(53)55-28-40-38-21-12-10-19-36(38)37-20-11-13-22-39(37)40/h1-8,10-17,19-22,33-35,40-41,49H,9,18,23-30H2,(H,46,50)(H,47,51)(H,48,53)/t33-,34-,35-,41+/m1/s1. The second-order valence-electron chi connectivity index (χ2n) is 14.2. The van der Waals surface area contributed by atoms with Gasteiger partial charge in [0.2, 0.25) is 11.8 Å². The van der Waals surface area contributed by atoms with Crippen LogP contribution in [0.5, 0.6) is 0 Å². The molecule has 6 rings (SSSR count). The van der Waals surface area contributed by atoms with Gasteiger partial charge in [-0.2, -0.15) is 11.8 Å². The molecule has 1 heterocycles. The molecule has 0 bridgehead atoms. The van der Waals surface area contributed by atoms with Crippen LogP contribution >= 0.6 is 11.8 Å². The van der Waals surface area contributed by atoms with Crippen LogP contribution in [0.1, 0.15) is 53.9 Å². The lowest BCUT2D eigenvalue weighted by molar-refractivity contribution is -0.147. The molecule has 1 aliphatic heterocycles. The maximum Gasteiger partial charge on any atom is 0.407 e. The van der Waals surface area contributed by atoms with Gasteiger partial charge >= 0.3 is 12.1 Å². The zero-order valence-corrected chi connectivity index (χ0v) is 32.1. The number of nitrogens with one attached hydrogen (secondary N) is 3. The van der Waals surface area contributed by atoms with E-state index in [1.54, 1.807) is 11.8 Å². The van der Waals surface area contributed by atoms with Crippen molar-refractivity contribution in [2.24, 2.45) is 5.92 Å². The van der Waals surface area contributed by atoms with Gasteiger partial charge in [-0.25, -0.2) is 9.59 Å². The SMILES string of the molecule is O=C(C[C@H]1CC=CCC[C@H](NC(=O)OCC2c3ccccc3-c3ccccc32)C(=O)OC[C@H](CSCc2ccccc2)NC1=O)N[C@@H](CO)Cc1ccccc1. The van der Waals surface area contributed by atoms with Gasteiger partial charge in [0.05, 0.1) is 24.6 Å². The minimum Gasteiger partial charge on any atom is -0.462 e. The van der Waals surface area contributed by atoms with E-state index in [4.69, 9.17) is 9.47 Å². The Bertz CT molecular complexity index is 1910. The summed E-state index contributed by atoms with van der Waals surface area (Å²) in [6.45, 7) is -0.255. The number of aliphatic hydroxyl groups excluding tert-OH is 1. The van der Waals surface area contributed by atoms with Gasteiger partial charge in [0, 0.05) is 23.8 Å². The Kier molecular flexibility index (Phi) is 14.7. The second-order valence-corrected chi connectivity index (χ2v) is 15.2. The Morgan fingerprint density at radius 1 is 0.857 bits per heavy atom. The zero-order valence-electron chi connectivity index (χ0n) is 31.3. The Hall–Kier alpha value is -5.39. The number of cyclic esters (lactones) is 1. The number of alkyl carbamates (subject to hydrolysis) is 1. The second kappa shape index (κ2) is 20.5. The fourth-order valence-electron chi connectivity index (χ4n) is 7.15. The van der Waals surface area contributed by atoms with Crippen LogP contribution < -0.4 is 16.0 Å². The fourth-order valence-corrected chi connectivity index (χ4v) is 8.16. The number of hydrogen-bond acceptors (Lipinski definition) is 8. The van der Waals surface area contributed by atoms with Crippen LogP contribution in [0.15, 0.2) is 121 Å². The van der Waals surface area contributed by atoms with Crippen molar-refractivity contribution in [3.05, 3.63) is 144 Å². The summed E-state index contributed by atoms with van der Waals surface area (Å²) < 4.78 is 11.5. The highest BCUT2D eigenvalue weighted by molar-refractivity contribution is 7.98. The average Bonchev–Trinajstić information content (AvgIpc) is 3.54. The van der Waals surface area contributed by atoms with Gasteiger partial charge in [-0.05, 0) is 59.1 Å². The predicted octanol–water partition coefficient (Wildman–Crippen LogP) is 6.32. The average molecular weight is 776 g/mol.